The summed E-state index contributed by atoms with van der Waals surface area (Å²) in [5.41, 5.74) is 1.71. The van der Waals surface area contributed by atoms with Gasteiger partial charge in [-0.25, -0.2) is 4.98 Å². The van der Waals surface area contributed by atoms with Gasteiger partial charge in [0.25, 0.3) is 5.91 Å². The lowest BCUT2D eigenvalue weighted by molar-refractivity contribution is 0.0850. The first-order valence-corrected chi connectivity index (χ1v) is 7.61. The monoisotopic (exact) mass is 301 g/mol. The summed E-state index contributed by atoms with van der Waals surface area (Å²) in [5.74, 6) is 0.0226. The van der Waals surface area contributed by atoms with E-state index in [0.717, 1.165) is 18.5 Å². The van der Waals surface area contributed by atoms with Crippen LogP contribution in [0.4, 0.5) is 0 Å². The Labute approximate surface area is 131 Å². The summed E-state index contributed by atoms with van der Waals surface area (Å²) in [6.45, 7) is 5.01. The lowest BCUT2D eigenvalue weighted by atomic mass is 10.0. The highest BCUT2D eigenvalue weighted by atomic mass is 16.3. The maximum absolute atomic E-state index is 12.1. The molecular formula is C17H23N3O2. The van der Waals surface area contributed by atoms with Crippen LogP contribution >= 0.6 is 0 Å². The zero-order valence-electron chi connectivity index (χ0n) is 13.1. The van der Waals surface area contributed by atoms with Crippen molar-refractivity contribution in [1.82, 2.24) is 14.9 Å². The van der Waals surface area contributed by atoms with Crippen molar-refractivity contribution in [1.29, 1.82) is 0 Å². The van der Waals surface area contributed by atoms with Gasteiger partial charge >= 0.3 is 0 Å². The SMILES string of the molecule is CCC(C)C(O)CNC(=O)c1ccc(Cn2ccnc2)cc1. The first-order valence-electron chi connectivity index (χ1n) is 7.61. The Morgan fingerprint density at radius 1 is 1.36 bits per heavy atom. The minimum absolute atomic E-state index is 0.156. The van der Waals surface area contributed by atoms with E-state index in [1.54, 1.807) is 24.7 Å². The number of benzene rings is 1. The van der Waals surface area contributed by atoms with Crippen molar-refractivity contribution >= 4 is 5.91 Å². The van der Waals surface area contributed by atoms with Crippen LogP contribution in [0.3, 0.4) is 0 Å². The molecule has 2 N–H and O–H groups in total. The third-order valence-electron chi connectivity index (χ3n) is 3.91. The van der Waals surface area contributed by atoms with Crippen LogP contribution in [-0.4, -0.2) is 33.2 Å². The first kappa shape index (κ1) is 16.2. The Kier molecular flexibility index (Phi) is 5.72. The highest BCUT2D eigenvalue weighted by molar-refractivity contribution is 5.94. The lowest BCUT2D eigenvalue weighted by Crippen LogP contribution is -2.35. The number of aromatic nitrogens is 2. The average molecular weight is 301 g/mol. The molecule has 0 fully saturated rings. The van der Waals surface area contributed by atoms with Gasteiger partial charge in [0.15, 0.2) is 0 Å². The van der Waals surface area contributed by atoms with E-state index in [-0.39, 0.29) is 18.4 Å². The van der Waals surface area contributed by atoms with Gasteiger partial charge in [-0.3, -0.25) is 4.79 Å². The van der Waals surface area contributed by atoms with Crippen LogP contribution in [0.25, 0.3) is 0 Å². The van der Waals surface area contributed by atoms with Gasteiger partial charge in [0.2, 0.25) is 0 Å². The number of imidazole rings is 1. The molecule has 2 atom stereocenters. The molecule has 0 spiro atoms. The van der Waals surface area contributed by atoms with Gasteiger partial charge in [-0.15, -0.1) is 0 Å². The van der Waals surface area contributed by atoms with Crippen molar-refractivity contribution in [3.8, 4) is 0 Å². The molecule has 1 aromatic carbocycles. The molecule has 2 unspecified atom stereocenters. The number of hydrogen-bond donors (Lipinski definition) is 2. The fourth-order valence-electron chi connectivity index (χ4n) is 2.13. The van der Waals surface area contributed by atoms with Crippen molar-refractivity contribution in [2.45, 2.75) is 32.9 Å². The fraction of sp³-hybridized carbons (Fsp3) is 0.412. The third-order valence-corrected chi connectivity index (χ3v) is 3.91. The van der Waals surface area contributed by atoms with Crippen molar-refractivity contribution in [3.63, 3.8) is 0 Å². The standard InChI is InChI=1S/C17H23N3O2/c1-3-13(2)16(21)10-19-17(22)15-6-4-14(5-7-15)11-20-9-8-18-12-20/h4-9,12-13,16,21H,3,10-11H2,1-2H3,(H,19,22). The Morgan fingerprint density at radius 3 is 2.68 bits per heavy atom. The Balaban J connectivity index is 1.88. The summed E-state index contributed by atoms with van der Waals surface area (Å²) < 4.78 is 1.97. The molecule has 0 aliphatic heterocycles. The summed E-state index contributed by atoms with van der Waals surface area (Å²) >= 11 is 0. The van der Waals surface area contributed by atoms with Crippen LogP contribution in [0.15, 0.2) is 43.0 Å². The maximum atomic E-state index is 12.1. The number of rotatable bonds is 7. The van der Waals surface area contributed by atoms with E-state index in [9.17, 15) is 9.90 Å². The molecule has 2 rings (SSSR count). The van der Waals surface area contributed by atoms with Crippen molar-refractivity contribution < 1.29 is 9.90 Å². The van der Waals surface area contributed by atoms with Gasteiger partial charge in [0.05, 0.1) is 12.4 Å². The summed E-state index contributed by atoms with van der Waals surface area (Å²) in [5, 5.41) is 12.7. The largest absolute Gasteiger partial charge is 0.391 e. The number of nitrogens with one attached hydrogen (secondary N) is 1. The molecule has 0 saturated carbocycles. The fourth-order valence-corrected chi connectivity index (χ4v) is 2.13. The second-order valence-corrected chi connectivity index (χ2v) is 5.59. The number of amides is 1. The third kappa shape index (κ3) is 4.43. The molecule has 0 radical (unpaired) electrons. The van der Waals surface area contributed by atoms with E-state index in [1.165, 1.54) is 0 Å². The van der Waals surface area contributed by atoms with Crippen LogP contribution in [0, 0.1) is 5.92 Å². The Morgan fingerprint density at radius 2 is 2.09 bits per heavy atom. The molecule has 5 heteroatoms. The molecule has 118 valence electrons. The molecule has 1 amide bonds. The molecule has 0 aliphatic rings. The van der Waals surface area contributed by atoms with Gasteiger partial charge in [-0.1, -0.05) is 32.4 Å². The minimum atomic E-state index is -0.505. The van der Waals surface area contributed by atoms with E-state index < -0.39 is 6.10 Å². The molecule has 0 bridgehead atoms. The molecule has 1 heterocycles. The predicted molar refractivity (Wildman–Crippen MR) is 85.6 cm³/mol. The molecular weight excluding hydrogens is 278 g/mol. The maximum Gasteiger partial charge on any atom is 0.251 e. The number of carbonyl (C=O) groups is 1. The van der Waals surface area contributed by atoms with E-state index in [2.05, 4.69) is 10.3 Å². The van der Waals surface area contributed by atoms with Crippen LogP contribution in [0.1, 0.15) is 36.2 Å². The normalized spacial score (nSPS) is 13.6. The molecule has 22 heavy (non-hydrogen) atoms. The van der Waals surface area contributed by atoms with E-state index in [0.29, 0.717) is 5.56 Å². The number of aliphatic hydroxyl groups is 1. The van der Waals surface area contributed by atoms with E-state index in [4.69, 9.17) is 0 Å². The van der Waals surface area contributed by atoms with Gasteiger partial charge < -0.3 is 15.0 Å². The van der Waals surface area contributed by atoms with Crippen molar-refractivity contribution in [2.75, 3.05) is 6.54 Å². The smallest absolute Gasteiger partial charge is 0.251 e. The highest BCUT2D eigenvalue weighted by Gasteiger charge is 2.14. The second-order valence-electron chi connectivity index (χ2n) is 5.59. The molecule has 2 aromatic rings. The van der Waals surface area contributed by atoms with Crippen molar-refractivity contribution in [2.24, 2.45) is 5.92 Å². The Bertz CT molecular complexity index is 578. The van der Waals surface area contributed by atoms with Gasteiger partial charge in [-0.2, -0.15) is 0 Å². The lowest BCUT2D eigenvalue weighted by Gasteiger charge is -2.17. The summed E-state index contributed by atoms with van der Waals surface area (Å²) in [6, 6.07) is 7.47. The molecule has 0 aliphatic carbocycles. The zero-order valence-corrected chi connectivity index (χ0v) is 13.1. The van der Waals surface area contributed by atoms with Crippen molar-refractivity contribution in [3.05, 3.63) is 54.1 Å². The van der Waals surface area contributed by atoms with Gasteiger partial charge in [0.1, 0.15) is 0 Å². The summed E-state index contributed by atoms with van der Waals surface area (Å²) in [6.07, 6.45) is 5.78. The highest BCUT2D eigenvalue weighted by Crippen LogP contribution is 2.08. The van der Waals surface area contributed by atoms with E-state index >= 15 is 0 Å². The van der Waals surface area contributed by atoms with Gasteiger partial charge in [-0.05, 0) is 23.6 Å². The Hall–Kier alpha value is -2.14. The second kappa shape index (κ2) is 7.75. The number of aliphatic hydroxyl groups excluding tert-OH is 1. The molecule has 0 saturated heterocycles. The average Bonchev–Trinajstić information content (AvgIpc) is 3.05. The topological polar surface area (TPSA) is 67.2 Å². The number of nitrogens with zero attached hydrogens (tertiary/aromatic N) is 2. The van der Waals surface area contributed by atoms with Crippen LogP contribution in [0.2, 0.25) is 0 Å². The van der Waals surface area contributed by atoms with Crippen LogP contribution < -0.4 is 5.32 Å². The zero-order chi connectivity index (χ0) is 15.9. The number of hydrogen-bond acceptors (Lipinski definition) is 3. The summed E-state index contributed by atoms with van der Waals surface area (Å²) in [4.78, 5) is 16.1. The first-order chi connectivity index (χ1) is 10.6. The van der Waals surface area contributed by atoms with Crippen LogP contribution in [-0.2, 0) is 6.54 Å². The molecule has 5 nitrogen and oxygen atoms in total. The van der Waals surface area contributed by atoms with Gasteiger partial charge in [0, 0.05) is 31.0 Å². The molecule has 1 aromatic heterocycles. The van der Waals surface area contributed by atoms with E-state index in [1.807, 2.05) is 36.7 Å². The number of carbonyl (C=O) groups excluding carboxylic acids is 1. The minimum Gasteiger partial charge on any atom is -0.391 e. The quantitative estimate of drug-likeness (QED) is 0.822. The van der Waals surface area contributed by atoms with Crippen LogP contribution in [0.5, 0.6) is 0 Å². The summed E-state index contributed by atoms with van der Waals surface area (Å²) in [7, 11) is 0. The predicted octanol–water partition coefficient (Wildman–Crippen LogP) is 2.07.